The molecule has 2 aromatic carbocycles. The third kappa shape index (κ3) is 4.64. The molecular weight excluding hydrogens is 360 g/mol. The average molecular weight is 377 g/mol. The van der Waals surface area contributed by atoms with Crippen molar-refractivity contribution in [2.45, 2.75) is 20.3 Å². The second kappa shape index (κ2) is 7.51. The van der Waals surface area contributed by atoms with Gasteiger partial charge in [-0.1, -0.05) is 30.3 Å². The number of amides is 1. The first-order chi connectivity index (χ1) is 10.5. The van der Waals surface area contributed by atoms with Gasteiger partial charge in [-0.3, -0.25) is 4.79 Å². The summed E-state index contributed by atoms with van der Waals surface area (Å²) in [4.78, 5) is 12.1. The minimum absolute atomic E-state index is 0.130. The molecule has 0 bridgehead atoms. The number of hydrogen-bond acceptors (Lipinski definition) is 2. The van der Waals surface area contributed by atoms with Crippen molar-refractivity contribution in [3.63, 3.8) is 0 Å². The van der Waals surface area contributed by atoms with Gasteiger partial charge in [-0.15, -0.1) is 0 Å². The minimum Gasteiger partial charge on any atom is -0.331 e. The SMILES string of the molecule is Cc1ccc(NC(=S)NC(=O)Cc2ccccc2C)c(Br)c1. The van der Waals surface area contributed by atoms with Crippen molar-refractivity contribution in [1.82, 2.24) is 5.32 Å². The molecule has 3 nitrogen and oxygen atoms in total. The Morgan fingerprint density at radius 2 is 1.91 bits per heavy atom. The number of carbonyl (C=O) groups is 1. The largest absolute Gasteiger partial charge is 0.331 e. The number of aryl methyl sites for hydroxylation is 2. The highest BCUT2D eigenvalue weighted by Gasteiger charge is 2.09. The molecule has 5 heteroatoms. The van der Waals surface area contributed by atoms with Crippen molar-refractivity contribution < 1.29 is 4.79 Å². The van der Waals surface area contributed by atoms with E-state index in [9.17, 15) is 4.79 Å². The third-order valence-electron chi connectivity index (χ3n) is 3.24. The molecule has 114 valence electrons. The molecule has 2 N–H and O–H groups in total. The Bertz CT molecular complexity index is 716. The van der Waals surface area contributed by atoms with E-state index in [1.807, 2.05) is 56.3 Å². The highest BCUT2D eigenvalue weighted by molar-refractivity contribution is 9.10. The summed E-state index contributed by atoms with van der Waals surface area (Å²) in [6, 6.07) is 13.7. The molecule has 22 heavy (non-hydrogen) atoms. The lowest BCUT2D eigenvalue weighted by molar-refractivity contribution is -0.119. The first-order valence-corrected chi connectivity index (χ1v) is 8.07. The normalized spacial score (nSPS) is 10.1. The maximum absolute atomic E-state index is 12.1. The van der Waals surface area contributed by atoms with Crippen LogP contribution >= 0.6 is 28.1 Å². The summed E-state index contributed by atoms with van der Waals surface area (Å²) in [5.74, 6) is -0.130. The van der Waals surface area contributed by atoms with Crippen LogP contribution in [0.15, 0.2) is 46.9 Å². The fourth-order valence-electron chi connectivity index (χ4n) is 2.03. The summed E-state index contributed by atoms with van der Waals surface area (Å²) in [6.45, 7) is 4.00. The number of rotatable bonds is 3. The Kier molecular flexibility index (Phi) is 5.69. The molecule has 0 aromatic heterocycles. The molecule has 0 spiro atoms. The lowest BCUT2D eigenvalue weighted by atomic mass is 10.1. The van der Waals surface area contributed by atoms with Crippen LogP contribution < -0.4 is 10.6 Å². The Hall–Kier alpha value is -1.72. The molecule has 1 amide bonds. The van der Waals surface area contributed by atoms with Crippen LogP contribution in [0.25, 0.3) is 0 Å². The molecule has 0 radical (unpaired) electrons. The molecule has 0 saturated heterocycles. The van der Waals surface area contributed by atoms with E-state index < -0.39 is 0 Å². The topological polar surface area (TPSA) is 41.1 Å². The summed E-state index contributed by atoms with van der Waals surface area (Å²) in [7, 11) is 0. The first kappa shape index (κ1) is 16.6. The van der Waals surface area contributed by atoms with Gasteiger partial charge in [0.2, 0.25) is 5.91 Å². The Morgan fingerprint density at radius 3 is 2.59 bits per heavy atom. The molecule has 0 heterocycles. The van der Waals surface area contributed by atoms with Crippen LogP contribution in [0.3, 0.4) is 0 Å². The van der Waals surface area contributed by atoms with E-state index in [0.29, 0.717) is 11.5 Å². The quantitative estimate of drug-likeness (QED) is 0.791. The maximum Gasteiger partial charge on any atom is 0.230 e. The Labute approximate surface area is 144 Å². The number of halogens is 1. The van der Waals surface area contributed by atoms with Crippen molar-refractivity contribution in [3.05, 3.63) is 63.6 Å². The van der Waals surface area contributed by atoms with E-state index >= 15 is 0 Å². The van der Waals surface area contributed by atoms with Gasteiger partial charge in [0.05, 0.1) is 12.1 Å². The van der Waals surface area contributed by atoms with E-state index in [0.717, 1.165) is 26.9 Å². The first-order valence-electron chi connectivity index (χ1n) is 6.87. The molecule has 0 fully saturated rings. The molecule has 0 saturated carbocycles. The van der Waals surface area contributed by atoms with Crippen LogP contribution in [0.1, 0.15) is 16.7 Å². The second-order valence-electron chi connectivity index (χ2n) is 5.09. The minimum atomic E-state index is -0.130. The average Bonchev–Trinajstić information content (AvgIpc) is 2.44. The summed E-state index contributed by atoms with van der Waals surface area (Å²) >= 11 is 8.66. The van der Waals surface area contributed by atoms with Gasteiger partial charge >= 0.3 is 0 Å². The highest BCUT2D eigenvalue weighted by Crippen LogP contribution is 2.23. The third-order valence-corrected chi connectivity index (χ3v) is 4.10. The molecule has 0 unspecified atom stereocenters. The van der Waals surface area contributed by atoms with Crippen molar-refractivity contribution >= 4 is 44.9 Å². The fourth-order valence-corrected chi connectivity index (χ4v) is 2.84. The molecule has 0 atom stereocenters. The summed E-state index contributed by atoms with van der Waals surface area (Å²) in [6.07, 6.45) is 0.309. The van der Waals surface area contributed by atoms with Crippen LogP contribution in [-0.4, -0.2) is 11.0 Å². The van der Waals surface area contributed by atoms with Gasteiger partial charge in [0.15, 0.2) is 5.11 Å². The molecule has 0 aliphatic carbocycles. The van der Waals surface area contributed by atoms with Crippen molar-refractivity contribution in [3.8, 4) is 0 Å². The van der Waals surface area contributed by atoms with Crippen molar-refractivity contribution in [1.29, 1.82) is 0 Å². The van der Waals surface area contributed by atoms with E-state index in [1.165, 1.54) is 0 Å². The highest BCUT2D eigenvalue weighted by atomic mass is 79.9. The van der Waals surface area contributed by atoms with Crippen molar-refractivity contribution in [2.75, 3.05) is 5.32 Å². The maximum atomic E-state index is 12.1. The fraction of sp³-hybridized carbons (Fsp3) is 0.176. The zero-order chi connectivity index (χ0) is 16.1. The zero-order valence-corrected chi connectivity index (χ0v) is 14.8. The van der Waals surface area contributed by atoms with Gasteiger partial charge in [0.1, 0.15) is 0 Å². The summed E-state index contributed by atoms with van der Waals surface area (Å²) < 4.78 is 0.906. The van der Waals surface area contributed by atoms with Crippen LogP contribution in [0, 0.1) is 13.8 Å². The van der Waals surface area contributed by atoms with Gasteiger partial charge in [-0.05, 0) is 70.8 Å². The lowest BCUT2D eigenvalue weighted by Gasteiger charge is -2.12. The van der Waals surface area contributed by atoms with Crippen LogP contribution in [-0.2, 0) is 11.2 Å². The van der Waals surface area contributed by atoms with Gasteiger partial charge in [-0.25, -0.2) is 0 Å². The number of benzene rings is 2. The number of hydrogen-bond donors (Lipinski definition) is 2. The van der Waals surface area contributed by atoms with Crippen LogP contribution in [0.5, 0.6) is 0 Å². The second-order valence-corrected chi connectivity index (χ2v) is 6.35. The van der Waals surface area contributed by atoms with Crippen LogP contribution in [0.2, 0.25) is 0 Å². The molecule has 2 aromatic rings. The molecule has 0 aliphatic heterocycles. The Balaban J connectivity index is 1.94. The molecule has 2 rings (SSSR count). The zero-order valence-electron chi connectivity index (χ0n) is 12.4. The van der Waals surface area contributed by atoms with Crippen LogP contribution in [0.4, 0.5) is 5.69 Å². The van der Waals surface area contributed by atoms with Gasteiger partial charge in [-0.2, -0.15) is 0 Å². The van der Waals surface area contributed by atoms with Gasteiger partial charge in [0, 0.05) is 4.47 Å². The van der Waals surface area contributed by atoms with E-state index in [2.05, 4.69) is 26.6 Å². The van der Waals surface area contributed by atoms with E-state index in [4.69, 9.17) is 12.2 Å². The van der Waals surface area contributed by atoms with Gasteiger partial charge < -0.3 is 10.6 Å². The number of anilines is 1. The van der Waals surface area contributed by atoms with Crippen molar-refractivity contribution in [2.24, 2.45) is 0 Å². The van der Waals surface area contributed by atoms with E-state index in [-0.39, 0.29) is 5.91 Å². The van der Waals surface area contributed by atoms with E-state index in [1.54, 1.807) is 0 Å². The smallest absolute Gasteiger partial charge is 0.230 e. The number of carbonyl (C=O) groups excluding carboxylic acids is 1. The number of thiocarbonyl (C=S) groups is 1. The summed E-state index contributed by atoms with van der Waals surface area (Å²) in [5, 5.41) is 6.02. The molecule has 0 aliphatic rings. The molecular formula is C17H17BrN2OS. The number of nitrogens with one attached hydrogen (secondary N) is 2. The Morgan fingerprint density at radius 1 is 1.18 bits per heavy atom. The lowest BCUT2D eigenvalue weighted by Crippen LogP contribution is -2.35. The monoisotopic (exact) mass is 376 g/mol. The van der Waals surface area contributed by atoms with Gasteiger partial charge in [0.25, 0.3) is 0 Å². The predicted molar refractivity (Wildman–Crippen MR) is 98.1 cm³/mol. The summed E-state index contributed by atoms with van der Waals surface area (Å²) in [5.41, 5.74) is 4.07. The standard InChI is InChI=1S/C17H17BrN2OS/c1-11-7-8-15(14(18)9-11)19-17(22)20-16(21)10-13-6-4-3-5-12(13)2/h3-9H,10H2,1-2H3,(H2,19,20,21,22). The predicted octanol–water partition coefficient (Wildman–Crippen LogP) is 4.12.